The van der Waals surface area contributed by atoms with Crippen LogP contribution in [0.1, 0.15) is 26.7 Å². The first kappa shape index (κ1) is 16.2. The van der Waals surface area contributed by atoms with Crippen molar-refractivity contribution in [1.82, 2.24) is 10.6 Å². The van der Waals surface area contributed by atoms with Gasteiger partial charge in [-0.05, 0) is 13.3 Å². The van der Waals surface area contributed by atoms with Crippen LogP contribution in [0, 0.1) is 0 Å². The Kier molecular flexibility index (Phi) is 7.90. The van der Waals surface area contributed by atoms with Crippen LogP contribution < -0.4 is 10.6 Å². The number of rotatable bonds is 8. The Morgan fingerprint density at radius 1 is 1.35 bits per heavy atom. The molecule has 0 radical (unpaired) electrons. The fourth-order valence-electron chi connectivity index (χ4n) is 1.01. The first-order valence-electron chi connectivity index (χ1n) is 5.56. The van der Waals surface area contributed by atoms with Crippen LogP contribution in [0.5, 0.6) is 0 Å². The fraction of sp³-hybridized carbons (Fsp3) is 0.900. The average molecular weight is 256 g/mol. The Balaban J connectivity index is 3.37. The molecule has 0 aromatic heterocycles. The van der Waals surface area contributed by atoms with Gasteiger partial charge in [0.05, 0.1) is 6.61 Å². The SMILES string of the molecule is CCC(C)NC(=O)CCNCCOC(F)(F)F. The maximum Gasteiger partial charge on any atom is 0.522 e. The van der Waals surface area contributed by atoms with E-state index in [0.29, 0.717) is 6.54 Å². The van der Waals surface area contributed by atoms with E-state index in [4.69, 9.17) is 0 Å². The molecule has 7 heteroatoms. The molecule has 0 fully saturated rings. The van der Waals surface area contributed by atoms with E-state index in [9.17, 15) is 18.0 Å². The molecule has 4 nitrogen and oxygen atoms in total. The third kappa shape index (κ3) is 11.4. The van der Waals surface area contributed by atoms with Crippen molar-refractivity contribution in [2.24, 2.45) is 0 Å². The van der Waals surface area contributed by atoms with E-state index in [0.717, 1.165) is 6.42 Å². The summed E-state index contributed by atoms with van der Waals surface area (Å²) >= 11 is 0. The van der Waals surface area contributed by atoms with Crippen LogP contribution in [0.2, 0.25) is 0 Å². The van der Waals surface area contributed by atoms with Gasteiger partial charge in [0.2, 0.25) is 5.91 Å². The molecule has 102 valence electrons. The van der Waals surface area contributed by atoms with Gasteiger partial charge in [-0.15, -0.1) is 13.2 Å². The monoisotopic (exact) mass is 256 g/mol. The molecule has 0 rings (SSSR count). The summed E-state index contributed by atoms with van der Waals surface area (Å²) in [5.41, 5.74) is 0. The molecule has 0 aromatic carbocycles. The summed E-state index contributed by atoms with van der Waals surface area (Å²) in [6.07, 6.45) is -3.50. The molecule has 0 aliphatic heterocycles. The van der Waals surface area contributed by atoms with Gasteiger partial charge in [-0.25, -0.2) is 0 Å². The molecule has 0 spiro atoms. The Labute approximate surface area is 98.9 Å². The summed E-state index contributed by atoms with van der Waals surface area (Å²) in [6.45, 7) is 3.80. The second-order valence-corrected chi connectivity index (χ2v) is 3.67. The Hall–Kier alpha value is -0.820. The predicted molar refractivity (Wildman–Crippen MR) is 57.4 cm³/mol. The smallest absolute Gasteiger partial charge is 0.354 e. The maximum atomic E-state index is 11.6. The van der Waals surface area contributed by atoms with Crippen molar-refractivity contribution in [2.75, 3.05) is 19.7 Å². The molecule has 0 aliphatic carbocycles. The largest absolute Gasteiger partial charge is 0.522 e. The molecule has 17 heavy (non-hydrogen) atoms. The lowest BCUT2D eigenvalue weighted by atomic mass is 10.2. The molecule has 0 aromatic rings. The summed E-state index contributed by atoms with van der Waals surface area (Å²) in [7, 11) is 0. The number of nitrogens with one attached hydrogen (secondary N) is 2. The second kappa shape index (κ2) is 8.30. The average Bonchev–Trinajstić information content (AvgIpc) is 2.21. The van der Waals surface area contributed by atoms with Crippen LogP contribution >= 0.6 is 0 Å². The van der Waals surface area contributed by atoms with Crippen molar-refractivity contribution in [2.45, 2.75) is 39.1 Å². The highest BCUT2D eigenvalue weighted by atomic mass is 19.4. The number of hydrogen-bond donors (Lipinski definition) is 2. The van der Waals surface area contributed by atoms with E-state index in [1.165, 1.54) is 0 Å². The first-order valence-corrected chi connectivity index (χ1v) is 5.56. The van der Waals surface area contributed by atoms with E-state index >= 15 is 0 Å². The van der Waals surface area contributed by atoms with Crippen molar-refractivity contribution in [1.29, 1.82) is 0 Å². The molecular weight excluding hydrogens is 237 g/mol. The highest BCUT2D eigenvalue weighted by Crippen LogP contribution is 2.14. The van der Waals surface area contributed by atoms with Gasteiger partial charge < -0.3 is 10.6 Å². The van der Waals surface area contributed by atoms with Crippen molar-refractivity contribution in [3.63, 3.8) is 0 Å². The molecule has 0 bridgehead atoms. The molecule has 0 heterocycles. The summed E-state index contributed by atoms with van der Waals surface area (Å²) in [6, 6.07) is 0.121. The number of carbonyl (C=O) groups is 1. The minimum Gasteiger partial charge on any atom is -0.354 e. The topological polar surface area (TPSA) is 50.4 Å². The van der Waals surface area contributed by atoms with Crippen molar-refractivity contribution >= 4 is 5.91 Å². The molecule has 1 atom stereocenters. The van der Waals surface area contributed by atoms with Crippen LogP contribution in [-0.4, -0.2) is 38.0 Å². The first-order chi connectivity index (χ1) is 7.85. The number of alkyl halides is 3. The maximum absolute atomic E-state index is 11.6. The zero-order valence-electron chi connectivity index (χ0n) is 10.1. The normalized spacial score (nSPS) is 13.5. The lowest BCUT2D eigenvalue weighted by Gasteiger charge is -2.11. The van der Waals surface area contributed by atoms with E-state index in [-0.39, 0.29) is 24.9 Å². The third-order valence-corrected chi connectivity index (χ3v) is 2.09. The molecule has 0 aliphatic rings. The van der Waals surface area contributed by atoms with Crippen molar-refractivity contribution in [3.05, 3.63) is 0 Å². The summed E-state index contributed by atoms with van der Waals surface area (Å²) < 4.78 is 38.2. The minimum absolute atomic E-state index is 0.0656. The number of carbonyl (C=O) groups excluding carboxylic acids is 1. The second-order valence-electron chi connectivity index (χ2n) is 3.67. The van der Waals surface area contributed by atoms with Crippen LogP contribution in [0.3, 0.4) is 0 Å². The van der Waals surface area contributed by atoms with E-state index in [1.807, 2.05) is 13.8 Å². The van der Waals surface area contributed by atoms with E-state index in [1.54, 1.807) is 0 Å². The highest BCUT2D eigenvalue weighted by molar-refractivity contribution is 5.76. The Morgan fingerprint density at radius 2 is 2.00 bits per heavy atom. The van der Waals surface area contributed by atoms with Gasteiger partial charge in [0.1, 0.15) is 0 Å². The van der Waals surface area contributed by atoms with E-state index in [2.05, 4.69) is 15.4 Å². The van der Waals surface area contributed by atoms with Gasteiger partial charge in [-0.3, -0.25) is 9.53 Å². The quantitative estimate of drug-likeness (QED) is 0.646. The molecule has 0 saturated carbocycles. The van der Waals surface area contributed by atoms with Gasteiger partial charge in [0, 0.05) is 25.6 Å². The molecular formula is C10H19F3N2O2. The fourth-order valence-corrected chi connectivity index (χ4v) is 1.01. The van der Waals surface area contributed by atoms with E-state index < -0.39 is 13.0 Å². The van der Waals surface area contributed by atoms with Crippen molar-refractivity contribution in [3.8, 4) is 0 Å². The van der Waals surface area contributed by atoms with Gasteiger partial charge in [-0.1, -0.05) is 6.92 Å². The van der Waals surface area contributed by atoms with Crippen LogP contribution in [0.4, 0.5) is 13.2 Å². The lowest BCUT2D eigenvalue weighted by molar-refractivity contribution is -0.323. The Morgan fingerprint density at radius 3 is 2.53 bits per heavy atom. The minimum atomic E-state index is -4.59. The van der Waals surface area contributed by atoms with Crippen LogP contribution in [0.25, 0.3) is 0 Å². The van der Waals surface area contributed by atoms with Gasteiger partial charge in [0.15, 0.2) is 0 Å². The molecule has 2 N–H and O–H groups in total. The molecule has 1 amide bonds. The van der Waals surface area contributed by atoms with Gasteiger partial charge in [0.25, 0.3) is 0 Å². The van der Waals surface area contributed by atoms with Gasteiger partial charge >= 0.3 is 6.36 Å². The van der Waals surface area contributed by atoms with Crippen LogP contribution in [-0.2, 0) is 9.53 Å². The summed E-state index contributed by atoms with van der Waals surface area (Å²) in [5, 5.41) is 5.45. The summed E-state index contributed by atoms with van der Waals surface area (Å²) in [5.74, 6) is -0.108. The highest BCUT2D eigenvalue weighted by Gasteiger charge is 2.28. The summed E-state index contributed by atoms with van der Waals surface area (Å²) in [4.78, 5) is 11.2. The number of amides is 1. The van der Waals surface area contributed by atoms with Crippen molar-refractivity contribution < 1.29 is 22.7 Å². The predicted octanol–water partition coefficient (Wildman–Crippen LogP) is 1.42. The Bertz CT molecular complexity index is 222. The molecule has 0 saturated heterocycles. The number of ether oxygens (including phenoxy) is 1. The molecule has 1 unspecified atom stereocenters. The van der Waals surface area contributed by atoms with Gasteiger partial charge in [-0.2, -0.15) is 0 Å². The number of halogens is 3. The third-order valence-electron chi connectivity index (χ3n) is 2.09. The lowest BCUT2D eigenvalue weighted by Crippen LogP contribution is -2.34. The number of hydrogen-bond acceptors (Lipinski definition) is 3. The standard InChI is InChI=1S/C10H19F3N2O2/c1-3-8(2)15-9(16)4-5-14-6-7-17-10(11,12)13/h8,14H,3-7H2,1-2H3,(H,15,16). The zero-order valence-corrected chi connectivity index (χ0v) is 10.1. The van der Waals surface area contributed by atoms with Crippen LogP contribution in [0.15, 0.2) is 0 Å². The zero-order chi connectivity index (χ0) is 13.3.